The van der Waals surface area contributed by atoms with Crippen molar-refractivity contribution in [2.24, 2.45) is 0 Å². The second-order valence-electron chi connectivity index (χ2n) is 4.89. The van der Waals surface area contributed by atoms with Gasteiger partial charge in [0.1, 0.15) is 11.9 Å². The van der Waals surface area contributed by atoms with Crippen LogP contribution < -0.4 is 5.32 Å². The summed E-state index contributed by atoms with van der Waals surface area (Å²) in [5.74, 6) is 0.915. The first-order valence-electron chi connectivity index (χ1n) is 6.59. The molecular formula is C15H16N4. The summed E-state index contributed by atoms with van der Waals surface area (Å²) in [4.78, 5) is 4.39. The van der Waals surface area contributed by atoms with Gasteiger partial charge in [0.25, 0.3) is 0 Å². The molecule has 0 bridgehead atoms. The summed E-state index contributed by atoms with van der Waals surface area (Å²) in [6.07, 6.45) is 6.09. The van der Waals surface area contributed by atoms with Gasteiger partial charge in [-0.3, -0.25) is 5.32 Å². The lowest BCUT2D eigenvalue weighted by Gasteiger charge is -2.13. The van der Waals surface area contributed by atoms with E-state index in [2.05, 4.69) is 16.4 Å². The van der Waals surface area contributed by atoms with Gasteiger partial charge in [0.15, 0.2) is 0 Å². The third-order valence-corrected chi connectivity index (χ3v) is 3.30. The van der Waals surface area contributed by atoms with Crippen LogP contribution in [0, 0.1) is 11.3 Å². The van der Waals surface area contributed by atoms with Gasteiger partial charge in [0, 0.05) is 24.0 Å². The smallest absolute Gasteiger partial charge is 0.139 e. The summed E-state index contributed by atoms with van der Waals surface area (Å²) in [7, 11) is 0. The van der Waals surface area contributed by atoms with Gasteiger partial charge in [-0.1, -0.05) is 30.3 Å². The topological polar surface area (TPSA) is 53.6 Å². The van der Waals surface area contributed by atoms with Gasteiger partial charge in [-0.15, -0.1) is 0 Å². The van der Waals surface area contributed by atoms with E-state index in [-0.39, 0.29) is 6.04 Å². The van der Waals surface area contributed by atoms with Gasteiger partial charge in [-0.05, 0) is 12.8 Å². The Bertz CT molecular complexity index is 578. The summed E-state index contributed by atoms with van der Waals surface area (Å²) in [5.41, 5.74) is 1.08. The molecule has 1 aliphatic rings. The normalized spacial score (nSPS) is 15.9. The molecule has 96 valence electrons. The number of hydrogen-bond acceptors (Lipinski definition) is 3. The van der Waals surface area contributed by atoms with E-state index in [0.29, 0.717) is 12.6 Å². The highest BCUT2D eigenvalue weighted by Crippen LogP contribution is 2.21. The average molecular weight is 252 g/mol. The molecule has 1 aromatic heterocycles. The molecule has 0 amide bonds. The van der Waals surface area contributed by atoms with Crippen LogP contribution in [0.3, 0.4) is 0 Å². The zero-order chi connectivity index (χ0) is 13.1. The highest BCUT2D eigenvalue weighted by molar-refractivity contribution is 5.55. The number of nitriles is 1. The van der Waals surface area contributed by atoms with Gasteiger partial charge >= 0.3 is 0 Å². The van der Waals surface area contributed by atoms with Crippen LogP contribution in [0.15, 0.2) is 42.7 Å². The SMILES string of the molecule is N#CC(Cn1ccnc1-c1ccccc1)NC1CC1. The van der Waals surface area contributed by atoms with E-state index >= 15 is 0 Å². The third kappa shape index (κ3) is 2.83. The van der Waals surface area contributed by atoms with Crippen LogP contribution in [-0.4, -0.2) is 21.6 Å². The Kier molecular flexibility index (Phi) is 3.30. The van der Waals surface area contributed by atoms with Crippen LogP contribution in [0.25, 0.3) is 11.4 Å². The summed E-state index contributed by atoms with van der Waals surface area (Å²) in [5, 5.41) is 12.6. The highest BCUT2D eigenvalue weighted by atomic mass is 15.1. The monoisotopic (exact) mass is 252 g/mol. The molecule has 1 saturated carbocycles. The van der Waals surface area contributed by atoms with E-state index in [1.165, 1.54) is 12.8 Å². The first-order valence-corrected chi connectivity index (χ1v) is 6.59. The van der Waals surface area contributed by atoms with Crippen molar-refractivity contribution < 1.29 is 0 Å². The molecule has 0 radical (unpaired) electrons. The number of rotatable bonds is 5. The molecule has 1 aromatic carbocycles. The van der Waals surface area contributed by atoms with Crippen LogP contribution in [0.4, 0.5) is 0 Å². The largest absolute Gasteiger partial charge is 0.328 e. The van der Waals surface area contributed by atoms with E-state index in [1.54, 1.807) is 6.20 Å². The molecule has 2 aromatic rings. The van der Waals surface area contributed by atoms with Crippen molar-refractivity contribution in [2.75, 3.05) is 0 Å². The summed E-state index contributed by atoms with van der Waals surface area (Å²) in [6, 6.07) is 12.8. The molecule has 1 aliphatic carbocycles. The van der Waals surface area contributed by atoms with E-state index in [9.17, 15) is 5.26 Å². The predicted molar refractivity (Wildman–Crippen MR) is 73.2 cm³/mol. The second-order valence-corrected chi connectivity index (χ2v) is 4.89. The van der Waals surface area contributed by atoms with E-state index < -0.39 is 0 Å². The maximum absolute atomic E-state index is 9.22. The summed E-state index contributed by atoms with van der Waals surface area (Å²) >= 11 is 0. The minimum absolute atomic E-state index is 0.149. The van der Waals surface area contributed by atoms with Crippen molar-refractivity contribution in [3.63, 3.8) is 0 Å². The number of benzene rings is 1. The summed E-state index contributed by atoms with van der Waals surface area (Å²) in [6.45, 7) is 0.636. The van der Waals surface area contributed by atoms with E-state index in [1.807, 2.05) is 41.1 Å². The molecule has 4 heteroatoms. The number of hydrogen-bond donors (Lipinski definition) is 1. The third-order valence-electron chi connectivity index (χ3n) is 3.30. The molecule has 1 N–H and O–H groups in total. The molecule has 0 aliphatic heterocycles. The molecule has 1 fully saturated rings. The van der Waals surface area contributed by atoms with Crippen LogP contribution >= 0.6 is 0 Å². The minimum atomic E-state index is -0.149. The molecule has 1 atom stereocenters. The van der Waals surface area contributed by atoms with Crippen molar-refractivity contribution in [1.29, 1.82) is 5.26 Å². The molecule has 3 rings (SSSR count). The fourth-order valence-electron chi connectivity index (χ4n) is 2.17. The van der Waals surface area contributed by atoms with Crippen molar-refractivity contribution in [1.82, 2.24) is 14.9 Å². The van der Waals surface area contributed by atoms with Crippen molar-refractivity contribution in [3.8, 4) is 17.5 Å². The molecule has 1 unspecified atom stereocenters. The molecule has 1 heterocycles. The van der Waals surface area contributed by atoms with Crippen molar-refractivity contribution in [2.45, 2.75) is 31.5 Å². The highest BCUT2D eigenvalue weighted by Gasteiger charge is 2.24. The van der Waals surface area contributed by atoms with Gasteiger partial charge in [0.2, 0.25) is 0 Å². The lowest BCUT2D eigenvalue weighted by Crippen LogP contribution is -2.33. The van der Waals surface area contributed by atoms with Crippen molar-refractivity contribution in [3.05, 3.63) is 42.7 Å². The zero-order valence-electron chi connectivity index (χ0n) is 10.7. The minimum Gasteiger partial charge on any atom is -0.328 e. The fraction of sp³-hybridized carbons (Fsp3) is 0.333. The Morgan fingerprint density at radius 2 is 2.16 bits per heavy atom. The number of nitrogens with zero attached hydrogens (tertiary/aromatic N) is 3. The van der Waals surface area contributed by atoms with E-state index in [0.717, 1.165) is 11.4 Å². The molecule has 0 spiro atoms. The molecule has 19 heavy (non-hydrogen) atoms. The fourth-order valence-corrected chi connectivity index (χ4v) is 2.17. The van der Waals surface area contributed by atoms with Crippen LogP contribution in [0.2, 0.25) is 0 Å². The standard InChI is InChI=1S/C15H16N4/c16-10-14(18-13-6-7-13)11-19-9-8-17-15(19)12-4-2-1-3-5-12/h1-5,8-9,13-14,18H,6-7,11H2. The Hall–Kier alpha value is -2.12. The maximum atomic E-state index is 9.22. The number of imidazole rings is 1. The maximum Gasteiger partial charge on any atom is 0.139 e. The van der Waals surface area contributed by atoms with Gasteiger partial charge in [-0.25, -0.2) is 4.98 Å². The number of aromatic nitrogens is 2. The summed E-state index contributed by atoms with van der Waals surface area (Å²) < 4.78 is 2.04. The Morgan fingerprint density at radius 3 is 2.84 bits per heavy atom. The predicted octanol–water partition coefficient (Wildman–Crippen LogP) is 2.19. The first-order chi connectivity index (χ1) is 9.36. The molecular weight excluding hydrogens is 236 g/mol. The Morgan fingerprint density at radius 1 is 1.37 bits per heavy atom. The lowest BCUT2D eigenvalue weighted by molar-refractivity contribution is 0.522. The van der Waals surface area contributed by atoms with Crippen molar-refractivity contribution >= 4 is 0 Å². The Labute approximate surface area is 112 Å². The first kappa shape index (κ1) is 11.9. The molecule has 4 nitrogen and oxygen atoms in total. The molecule has 0 saturated heterocycles. The number of nitrogens with one attached hydrogen (secondary N) is 1. The van der Waals surface area contributed by atoms with Crippen LogP contribution in [0.1, 0.15) is 12.8 Å². The second kappa shape index (κ2) is 5.25. The van der Waals surface area contributed by atoms with Gasteiger partial charge in [0.05, 0.1) is 12.6 Å². The quantitative estimate of drug-likeness (QED) is 0.887. The Balaban J connectivity index is 1.78. The van der Waals surface area contributed by atoms with E-state index in [4.69, 9.17) is 0 Å². The van der Waals surface area contributed by atoms with Crippen LogP contribution in [-0.2, 0) is 6.54 Å². The lowest BCUT2D eigenvalue weighted by atomic mass is 10.2. The van der Waals surface area contributed by atoms with Crippen LogP contribution in [0.5, 0.6) is 0 Å². The average Bonchev–Trinajstić information content (AvgIpc) is 3.15. The zero-order valence-corrected chi connectivity index (χ0v) is 10.7. The van der Waals surface area contributed by atoms with Gasteiger partial charge < -0.3 is 4.57 Å². The van der Waals surface area contributed by atoms with Gasteiger partial charge in [-0.2, -0.15) is 5.26 Å².